The molecule has 0 saturated heterocycles. The average molecular weight is 306 g/mol. The summed E-state index contributed by atoms with van der Waals surface area (Å²) in [4.78, 5) is 20.6. The Kier molecular flexibility index (Phi) is 14.5. The average Bonchev–Trinajstić information content (AvgIpc) is 2.50. The highest BCUT2D eigenvalue weighted by Crippen LogP contribution is 2.10. The molecule has 0 N–H and O–H groups in total. The Balaban J connectivity index is 3.84. The largest absolute Gasteiger partial charge is 0.291 e. The summed E-state index contributed by atoms with van der Waals surface area (Å²) in [6.45, 7) is 2.09. The summed E-state index contributed by atoms with van der Waals surface area (Å²) >= 11 is 0. The summed E-state index contributed by atoms with van der Waals surface area (Å²) in [5, 5.41) is 10.9. The summed E-state index contributed by atoms with van der Waals surface area (Å²) in [5.74, 6) is 0. The van der Waals surface area contributed by atoms with E-state index < -0.39 is 0 Å². The van der Waals surface area contributed by atoms with Crippen molar-refractivity contribution in [2.45, 2.75) is 71.1 Å². The van der Waals surface area contributed by atoms with Gasteiger partial charge in [-0.3, -0.25) is 14.9 Å². The monoisotopic (exact) mass is 306 g/mol. The highest BCUT2D eigenvalue weighted by molar-refractivity contribution is 5.50. The molecule has 0 saturated carbocycles. The van der Waals surface area contributed by atoms with Crippen LogP contribution in [0.1, 0.15) is 71.1 Å². The summed E-state index contributed by atoms with van der Waals surface area (Å²) in [7, 11) is 0. The Bertz CT molecular complexity index is 384. The SMILES string of the molecule is CCCCC/C(=C\C/C=C\C/C=C\CCCC[C]=O)[N+](=O)[O-]. The zero-order valence-electron chi connectivity index (χ0n) is 13.6. The standard InChI is InChI=1S/C18H28NO3/c1-2-3-12-15-18(19(21)22)16-13-10-8-6-4-5-7-9-11-14-17-20/h4-5,8,10,16H,2-3,6-7,9,11-15H2,1H3/b5-4-,10-8-,18-16+. The topological polar surface area (TPSA) is 60.2 Å². The lowest BCUT2D eigenvalue weighted by atomic mass is 10.1. The van der Waals surface area contributed by atoms with E-state index in [9.17, 15) is 14.9 Å². The van der Waals surface area contributed by atoms with Gasteiger partial charge in [-0.15, -0.1) is 0 Å². The molecule has 1 radical (unpaired) electrons. The van der Waals surface area contributed by atoms with Crippen molar-refractivity contribution < 1.29 is 9.72 Å². The van der Waals surface area contributed by atoms with E-state index >= 15 is 0 Å². The maximum absolute atomic E-state index is 10.9. The molecule has 0 fully saturated rings. The van der Waals surface area contributed by atoms with Gasteiger partial charge in [0.25, 0.3) is 0 Å². The van der Waals surface area contributed by atoms with Crippen molar-refractivity contribution in [1.82, 2.24) is 0 Å². The van der Waals surface area contributed by atoms with Crippen LogP contribution in [0.2, 0.25) is 0 Å². The Morgan fingerprint density at radius 3 is 2.45 bits per heavy atom. The number of hydrogen-bond donors (Lipinski definition) is 0. The number of nitro groups is 1. The number of hydrogen-bond acceptors (Lipinski definition) is 3. The third kappa shape index (κ3) is 13.3. The molecule has 0 amide bonds. The van der Waals surface area contributed by atoms with Crippen molar-refractivity contribution in [3.05, 3.63) is 46.2 Å². The maximum Gasteiger partial charge on any atom is 0.242 e. The highest BCUT2D eigenvalue weighted by atomic mass is 16.6. The lowest BCUT2D eigenvalue weighted by Crippen LogP contribution is -1.98. The molecule has 0 spiro atoms. The van der Waals surface area contributed by atoms with E-state index in [4.69, 9.17) is 0 Å². The number of nitrogens with zero attached hydrogens (tertiary/aromatic N) is 1. The Labute approximate surface area is 134 Å². The molecule has 0 aliphatic carbocycles. The van der Waals surface area contributed by atoms with Crippen LogP contribution in [0, 0.1) is 10.1 Å². The van der Waals surface area contributed by atoms with Gasteiger partial charge in [0.1, 0.15) is 0 Å². The second kappa shape index (κ2) is 15.7. The molecule has 4 nitrogen and oxygen atoms in total. The fourth-order valence-electron chi connectivity index (χ4n) is 1.97. The van der Waals surface area contributed by atoms with E-state index in [1.807, 2.05) is 18.4 Å². The van der Waals surface area contributed by atoms with Crippen LogP contribution in [0.25, 0.3) is 0 Å². The predicted molar refractivity (Wildman–Crippen MR) is 90.9 cm³/mol. The molecule has 4 heteroatoms. The van der Waals surface area contributed by atoms with Gasteiger partial charge in [0, 0.05) is 12.8 Å². The zero-order chi connectivity index (χ0) is 16.5. The minimum absolute atomic E-state index is 0.264. The first-order chi connectivity index (χ1) is 10.7. The van der Waals surface area contributed by atoms with Crippen LogP contribution in [0.3, 0.4) is 0 Å². The molecule has 0 aromatic rings. The molecular formula is C18H28NO3. The minimum Gasteiger partial charge on any atom is -0.291 e. The Morgan fingerprint density at radius 1 is 1.05 bits per heavy atom. The molecule has 0 unspecified atom stereocenters. The lowest BCUT2D eigenvalue weighted by molar-refractivity contribution is -0.428. The molecule has 0 bridgehead atoms. The first-order valence-electron chi connectivity index (χ1n) is 8.20. The molecule has 0 rings (SSSR count). The number of carbonyl (C=O) groups excluding carboxylic acids is 1. The van der Waals surface area contributed by atoms with Crippen LogP contribution >= 0.6 is 0 Å². The first kappa shape index (κ1) is 20.3. The van der Waals surface area contributed by atoms with Crippen LogP contribution in [-0.4, -0.2) is 11.2 Å². The van der Waals surface area contributed by atoms with Crippen molar-refractivity contribution in [2.24, 2.45) is 0 Å². The third-order valence-corrected chi connectivity index (χ3v) is 3.27. The van der Waals surface area contributed by atoms with Gasteiger partial charge in [-0.1, -0.05) is 44.1 Å². The summed E-state index contributed by atoms with van der Waals surface area (Å²) in [6, 6.07) is 0. The summed E-state index contributed by atoms with van der Waals surface area (Å²) in [5.41, 5.74) is 0.334. The minimum atomic E-state index is -0.264. The second-order valence-corrected chi connectivity index (χ2v) is 5.21. The smallest absolute Gasteiger partial charge is 0.242 e. The molecule has 22 heavy (non-hydrogen) atoms. The summed E-state index contributed by atoms with van der Waals surface area (Å²) < 4.78 is 0. The molecule has 0 aromatic carbocycles. The van der Waals surface area contributed by atoms with Gasteiger partial charge >= 0.3 is 0 Å². The molecule has 0 atom stereocenters. The van der Waals surface area contributed by atoms with Crippen molar-refractivity contribution in [2.75, 3.05) is 0 Å². The third-order valence-electron chi connectivity index (χ3n) is 3.27. The highest BCUT2D eigenvalue weighted by Gasteiger charge is 2.08. The van der Waals surface area contributed by atoms with Crippen molar-refractivity contribution in [3.8, 4) is 0 Å². The van der Waals surface area contributed by atoms with E-state index in [-0.39, 0.29) is 4.92 Å². The number of rotatable bonds is 14. The lowest BCUT2D eigenvalue weighted by Gasteiger charge is -1.97. The molecule has 0 heterocycles. The molecule has 0 aromatic heterocycles. The Hall–Kier alpha value is -1.71. The van der Waals surface area contributed by atoms with Crippen LogP contribution in [-0.2, 0) is 4.79 Å². The van der Waals surface area contributed by atoms with Gasteiger partial charge in [-0.25, -0.2) is 0 Å². The quantitative estimate of drug-likeness (QED) is 0.189. The van der Waals surface area contributed by atoms with Gasteiger partial charge in [0.15, 0.2) is 6.29 Å². The molecule has 0 aliphatic rings. The first-order valence-corrected chi connectivity index (χ1v) is 8.20. The number of allylic oxidation sites excluding steroid dienone is 6. The van der Waals surface area contributed by atoms with E-state index in [0.717, 1.165) is 44.9 Å². The van der Waals surface area contributed by atoms with E-state index in [1.54, 1.807) is 6.08 Å². The molecule has 123 valence electrons. The van der Waals surface area contributed by atoms with Crippen LogP contribution < -0.4 is 0 Å². The van der Waals surface area contributed by atoms with Crippen molar-refractivity contribution in [3.63, 3.8) is 0 Å². The van der Waals surface area contributed by atoms with Gasteiger partial charge in [-0.2, -0.15) is 0 Å². The zero-order valence-corrected chi connectivity index (χ0v) is 13.6. The Morgan fingerprint density at radius 2 is 1.77 bits per heavy atom. The van der Waals surface area contributed by atoms with E-state index in [1.165, 1.54) is 0 Å². The normalized spacial score (nSPS) is 12.3. The fourth-order valence-corrected chi connectivity index (χ4v) is 1.97. The van der Waals surface area contributed by atoms with Crippen molar-refractivity contribution >= 4 is 6.29 Å². The van der Waals surface area contributed by atoms with E-state index in [2.05, 4.69) is 19.1 Å². The van der Waals surface area contributed by atoms with Crippen LogP contribution in [0.15, 0.2) is 36.1 Å². The summed E-state index contributed by atoms with van der Waals surface area (Å²) in [6.07, 6.45) is 20.2. The van der Waals surface area contributed by atoms with Crippen LogP contribution in [0.4, 0.5) is 0 Å². The van der Waals surface area contributed by atoms with Gasteiger partial charge in [-0.05, 0) is 44.6 Å². The molecule has 0 aliphatic heterocycles. The predicted octanol–water partition coefficient (Wildman–Crippen LogP) is 5.29. The van der Waals surface area contributed by atoms with Gasteiger partial charge in [0.05, 0.1) is 4.92 Å². The molecular weight excluding hydrogens is 278 g/mol. The maximum atomic E-state index is 10.9. The second-order valence-electron chi connectivity index (χ2n) is 5.21. The van der Waals surface area contributed by atoms with E-state index in [0.29, 0.717) is 25.0 Å². The fraction of sp³-hybridized carbons (Fsp3) is 0.611. The van der Waals surface area contributed by atoms with Gasteiger partial charge in [0.2, 0.25) is 5.70 Å². The van der Waals surface area contributed by atoms with Crippen molar-refractivity contribution in [1.29, 1.82) is 0 Å². The van der Waals surface area contributed by atoms with Gasteiger partial charge < -0.3 is 0 Å². The number of unbranched alkanes of at least 4 members (excludes halogenated alkanes) is 5. The van der Waals surface area contributed by atoms with Crippen LogP contribution in [0.5, 0.6) is 0 Å².